The Labute approximate surface area is 148 Å². The van der Waals surface area contributed by atoms with Crippen LogP contribution in [0.25, 0.3) is 11.3 Å². The first-order chi connectivity index (χ1) is 11.6. The van der Waals surface area contributed by atoms with Gasteiger partial charge in [-0.3, -0.25) is 9.89 Å². The fraction of sp³-hybridized carbons (Fsp3) is 0.111. The van der Waals surface area contributed by atoms with Crippen molar-refractivity contribution in [1.82, 2.24) is 10.2 Å². The molecule has 0 fully saturated rings. The highest BCUT2D eigenvalue weighted by Crippen LogP contribution is 2.42. The zero-order valence-electron chi connectivity index (χ0n) is 12.5. The monoisotopic (exact) mass is 357 g/mol. The summed E-state index contributed by atoms with van der Waals surface area (Å²) in [6.07, 6.45) is 0.355. The van der Waals surface area contributed by atoms with Crippen molar-refractivity contribution in [1.29, 1.82) is 0 Å². The van der Waals surface area contributed by atoms with Crippen molar-refractivity contribution in [2.24, 2.45) is 0 Å². The third-order valence-electron chi connectivity index (χ3n) is 4.18. The number of carbonyl (C=O) groups excluding carboxylic acids is 1. The summed E-state index contributed by atoms with van der Waals surface area (Å²) in [5.41, 5.74) is 3.82. The van der Waals surface area contributed by atoms with E-state index in [4.69, 9.17) is 23.2 Å². The van der Waals surface area contributed by atoms with Crippen LogP contribution in [0.4, 0.5) is 5.82 Å². The highest BCUT2D eigenvalue weighted by Gasteiger charge is 2.32. The van der Waals surface area contributed by atoms with E-state index in [0.717, 1.165) is 22.4 Å². The number of nitrogens with one attached hydrogen (secondary N) is 2. The smallest absolute Gasteiger partial charge is 0.226 e. The number of halogens is 2. The van der Waals surface area contributed by atoms with Crippen LogP contribution in [0.3, 0.4) is 0 Å². The van der Waals surface area contributed by atoms with Gasteiger partial charge >= 0.3 is 0 Å². The lowest BCUT2D eigenvalue weighted by atomic mass is 9.84. The number of fused-ring (bicyclic) bond motifs is 1. The fourth-order valence-electron chi connectivity index (χ4n) is 3.10. The third kappa shape index (κ3) is 2.68. The molecule has 0 bridgehead atoms. The van der Waals surface area contributed by atoms with Gasteiger partial charge in [0.05, 0.1) is 5.69 Å². The fourth-order valence-corrected chi connectivity index (χ4v) is 3.42. The van der Waals surface area contributed by atoms with E-state index in [0.29, 0.717) is 22.3 Å². The largest absolute Gasteiger partial charge is 0.309 e. The molecule has 1 amide bonds. The standard InChI is InChI=1S/C18H13Cl2N3O/c19-12-6-4-10(5-7-12)17-16-14(11-2-1-3-13(20)8-11)9-15(24)21-18(16)23-22-17/h1-8,14H,9H2,(H2,21,22,23,24)/t14-/m1/s1. The lowest BCUT2D eigenvalue weighted by Gasteiger charge is -2.23. The van der Waals surface area contributed by atoms with Crippen molar-refractivity contribution in [2.75, 3.05) is 5.32 Å². The van der Waals surface area contributed by atoms with Crippen LogP contribution in [0, 0.1) is 0 Å². The number of carbonyl (C=O) groups is 1. The van der Waals surface area contributed by atoms with Crippen LogP contribution in [0.1, 0.15) is 23.5 Å². The molecule has 0 aliphatic carbocycles. The average Bonchev–Trinajstić information content (AvgIpc) is 2.98. The number of hydrogen-bond donors (Lipinski definition) is 2. The Hall–Kier alpha value is -2.30. The molecule has 4 rings (SSSR count). The van der Waals surface area contributed by atoms with E-state index in [2.05, 4.69) is 15.5 Å². The maximum Gasteiger partial charge on any atom is 0.226 e. The molecule has 1 aliphatic rings. The van der Waals surface area contributed by atoms with Crippen LogP contribution in [0.15, 0.2) is 48.5 Å². The topological polar surface area (TPSA) is 57.8 Å². The number of amides is 1. The summed E-state index contributed by atoms with van der Waals surface area (Å²) in [5.74, 6) is 0.416. The molecule has 0 unspecified atom stereocenters. The SMILES string of the molecule is O=C1C[C@H](c2cccc(Cl)c2)c2c(n[nH]c2-c2ccc(Cl)cc2)N1. The summed E-state index contributed by atoms with van der Waals surface area (Å²) in [6, 6.07) is 15.1. The number of benzene rings is 2. The maximum atomic E-state index is 12.1. The van der Waals surface area contributed by atoms with Gasteiger partial charge in [-0.1, -0.05) is 47.5 Å². The molecule has 2 aromatic carbocycles. The predicted molar refractivity (Wildman–Crippen MR) is 95.6 cm³/mol. The number of hydrogen-bond acceptors (Lipinski definition) is 2. The van der Waals surface area contributed by atoms with Crippen molar-refractivity contribution in [2.45, 2.75) is 12.3 Å². The molecule has 1 atom stereocenters. The number of anilines is 1. The van der Waals surface area contributed by atoms with Crippen LogP contribution in [0.2, 0.25) is 10.0 Å². The molecule has 0 spiro atoms. The van der Waals surface area contributed by atoms with Crippen molar-refractivity contribution >= 4 is 34.9 Å². The van der Waals surface area contributed by atoms with Gasteiger partial charge in [0, 0.05) is 33.5 Å². The summed E-state index contributed by atoms with van der Waals surface area (Å²) in [5, 5.41) is 11.5. The molecule has 2 heterocycles. The third-order valence-corrected chi connectivity index (χ3v) is 4.67. The van der Waals surface area contributed by atoms with Crippen molar-refractivity contribution < 1.29 is 4.79 Å². The van der Waals surface area contributed by atoms with E-state index in [1.165, 1.54) is 0 Å². The number of aromatic nitrogens is 2. The molecule has 120 valence electrons. The van der Waals surface area contributed by atoms with Gasteiger partial charge in [-0.15, -0.1) is 0 Å². The van der Waals surface area contributed by atoms with E-state index >= 15 is 0 Å². The van der Waals surface area contributed by atoms with Gasteiger partial charge in [0.25, 0.3) is 0 Å². The molecule has 6 heteroatoms. The van der Waals surface area contributed by atoms with Crippen LogP contribution in [-0.2, 0) is 4.79 Å². The van der Waals surface area contributed by atoms with E-state index in [1.807, 2.05) is 48.5 Å². The van der Waals surface area contributed by atoms with Crippen LogP contribution >= 0.6 is 23.2 Å². The van der Waals surface area contributed by atoms with Gasteiger partial charge < -0.3 is 5.32 Å². The van der Waals surface area contributed by atoms with Crippen LogP contribution < -0.4 is 5.32 Å². The summed E-state index contributed by atoms with van der Waals surface area (Å²) >= 11 is 12.1. The highest BCUT2D eigenvalue weighted by atomic mass is 35.5. The second kappa shape index (κ2) is 5.96. The lowest BCUT2D eigenvalue weighted by Crippen LogP contribution is -2.23. The van der Waals surface area contributed by atoms with Gasteiger partial charge in [0.2, 0.25) is 5.91 Å². The average molecular weight is 358 g/mol. The Kier molecular flexibility index (Phi) is 3.79. The minimum atomic E-state index is -0.100. The molecule has 1 aromatic heterocycles. The van der Waals surface area contributed by atoms with Crippen LogP contribution in [0.5, 0.6) is 0 Å². The molecule has 24 heavy (non-hydrogen) atoms. The Balaban J connectivity index is 1.87. The van der Waals surface area contributed by atoms with Crippen molar-refractivity contribution in [3.05, 3.63) is 69.7 Å². The number of nitrogens with zero attached hydrogens (tertiary/aromatic N) is 1. The Morgan fingerprint density at radius 1 is 1.04 bits per heavy atom. The summed E-state index contributed by atoms with van der Waals surface area (Å²) in [4.78, 5) is 12.1. The molecular weight excluding hydrogens is 345 g/mol. The number of rotatable bonds is 2. The molecule has 0 saturated heterocycles. The van der Waals surface area contributed by atoms with Gasteiger partial charge in [-0.2, -0.15) is 5.10 Å². The van der Waals surface area contributed by atoms with E-state index in [-0.39, 0.29) is 11.8 Å². The molecule has 0 saturated carbocycles. The second-order valence-corrected chi connectivity index (χ2v) is 6.60. The molecule has 2 N–H and O–H groups in total. The first kappa shape index (κ1) is 15.2. The summed E-state index contributed by atoms with van der Waals surface area (Å²) in [6.45, 7) is 0. The zero-order valence-corrected chi connectivity index (χ0v) is 14.0. The second-order valence-electron chi connectivity index (χ2n) is 5.73. The normalized spacial score (nSPS) is 16.6. The maximum absolute atomic E-state index is 12.1. The quantitative estimate of drug-likeness (QED) is 0.688. The Bertz CT molecular complexity index is 918. The highest BCUT2D eigenvalue weighted by molar-refractivity contribution is 6.31. The van der Waals surface area contributed by atoms with Gasteiger partial charge in [0.1, 0.15) is 0 Å². The minimum Gasteiger partial charge on any atom is -0.309 e. The van der Waals surface area contributed by atoms with Crippen LogP contribution in [-0.4, -0.2) is 16.1 Å². The number of aromatic amines is 1. The summed E-state index contributed by atoms with van der Waals surface area (Å²) in [7, 11) is 0. The van der Waals surface area contributed by atoms with E-state index in [9.17, 15) is 4.79 Å². The first-order valence-electron chi connectivity index (χ1n) is 7.51. The molecule has 3 aromatic rings. The van der Waals surface area contributed by atoms with Gasteiger partial charge in [-0.05, 0) is 29.8 Å². The predicted octanol–water partition coefficient (Wildman–Crippen LogP) is 4.86. The van der Waals surface area contributed by atoms with Gasteiger partial charge in [-0.25, -0.2) is 0 Å². The lowest BCUT2D eigenvalue weighted by molar-refractivity contribution is -0.116. The molecular formula is C18H13Cl2N3O. The van der Waals surface area contributed by atoms with Crippen molar-refractivity contribution in [3.63, 3.8) is 0 Å². The first-order valence-corrected chi connectivity index (χ1v) is 8.27. The van der Waals surface area contributed by atoms with Gasteiger partial charge in [0.15, 0.2) is 5.82 Å². The molecule has 0 radical (unpaired) electrons. The summed E-state index contributed by atoms with van der Waals surface area (Å²) < 4.78 is 0. The molecule has 1 aliphatic heterocycles. The molecule has 4 nitrogen and oxygen atoms in total. The van der Waals surface area contributed by atoms with E-state index < -0.39 is 0 Å². The van der Waals surface area contributed by atoms with E-state index in [1.54, 1.807) is 0 Å². The number of H-pyrrole nitrogens is 1. The zero-order chi connectivity index (χ0) is 16.7. The Morgan fingerprint density at radius 2 is 1.83 bits per heavy atom. The van der Waals surface area contributed by atoms with Crippen molar-refractivity contribution in [3.8, 4) is 11.3 Å². The minimum absolute atomic E-state index is 0.0540. The Morgan fingerprint density at radius 3 is 2.58 bits per heavy atom.